The third kappa shape index (κ3) is 3.46. The summed E-state index contributed by atoms with van der Waals surface area (Å²) < 4.78 is 11.5. The van der Waals surface area contributed by atoms with E-state index in [9.17, 15) is 9.59 Å². The fourth-order valence-electron chi connectivity index (χ4n) is 2.05. The van der Waals surface area contributed by atoms with Gasteiger partial charge in [-0.25, -0.2) is 9.78 Å². The molecule has 0 radical (unpaired) electrons. The average molecular weight is 278 g/mol. The van der Waals surface area contributed by atoms with Crippen LogP contribution in [0, 0.1) is 0 Å². The van der Waals surface area contributed by atoms with E-state index in [-0.39, 0.29) is 11.7 Å². The first kappa shape index (κ1) is 14.3. The SMILES string of the molecule is CCOC(=O)CCCCCn1c(=O)oc2cccnc21. The van der Waals surface area contributed by atoms with Gasteiger partial charge in [-0.15, -0.1) is 0 Å². The predicted molar refractivity (Wildman–Crippen MR) is 73.4 cm³/mol. The fourth-order valence-corrected chi connectivity index (χ4v) is 2.05. The number of carbonyl (C=O) groups is 1. The summed E-state index contributed by atoms with van der Waals surface area (Å²) in [7, 11) is 0. The minimum atomic E-state index is -0.385. The molecule has 0 spiro atoms. The van der Waals surface area contributed by atoms with Gasteiger partial charge in [0, 0.05) is 19.2 Å². The number of oxazole rings is 1. The third-order valence-electron chi connectivity index (χ3n) is 2.99. The van der Waals surface area contributed by atoms with Crippen LogP contribution in [0.25, 0.3) is 11.2 Å². The lowest BCUT2D eigenvalue weighted by Gasteiger charge is -2.02. The number of fused-ring (bicyclic) bond motifs is 1. The normalized spacial score (nSPS) is 10.8. The number of hydrogen-bond donors (Lipinski definition) is 0. The van der Waals surface area contributed by atoms with Gasteiger partial charge >= 0.3 is 11.7 Å². The van der Waals surface area contributed by atoms with Crippen molar-refractivity contribution in [2.45, 2.75) is 39.2 Å². The number of rotatable bonds is 7. The largest absolute Gasteiger partial charge is 0.466 e. The maximum atomic E-state index is 11.7. The van der Waals surface area contributed by atoms with Crippen molar-refractivity contribution in [2.24, 2.45) is 0 Å². The molecule has 2 heterocycles. The van der Waals surface area contributed by atoms with Crippen LogP contribution in [-0.4, -0.2) is 22.1 Å². The van der Waals surface area contributed by atoms with E-state index in [1.807, 2.05) is 0 Å². The zero-order chi connectivity index (χ0) is 14.4. The minimum Gasteiger partial charge on any atom is -0.466 e. The molecule has 6 heteroatoms. The van der Waals surface area contributed by atoms with Crippen LogP contribution in [0.1, 0.15) is 32.6 Å². The number of aryl methyl sites for hydroxylation is 1. The van der Waals surface area contributed by atoms with E-state index in [0.29, 0.717) is 30.8 Å². The summed E-state index contributed by atoms with van der Waals surface area (Å²) in [6.45, 7) is 2.76. The Morgan fingerprint density at radius 2 is 2.25 bits per heavy atom. The maximum absolute atomic E-state index is 11.7. The quantitative estimate of drug-likeness (QED) is 0.573. The summed E-state index contributed by atoms with van der Waals surface area (Å²) in [6, 6.07) is 3.45. The van der Waals surface area contributed by atoms with E-state index in [4.69, 9.17) is 9.15 Å². The number of unbranched alkanes of at least 4 members (excludes halogenated alkanes) is 2. The van der Waals surface area contributed by atoms with E-state index < -0.39 is 0 Å². The summed E-state index contributed by atoms with van der Waals surface area (Å²) in [5, 5.41) is 0. The van der Waals surface area contributed by atoms with Gasteiger partial charge < -0.3 is 9.15 Å². The first-order valence-corrected chi connectivity index (χ1v) is 6.82. The topological polar surface area (TPSA) is 74.3 Å². The summed E-state index contributed by atoms with van der Waals surface area (Å²) in [5.74, 6) is -0.552. The maximum Gasteiger partial charge on any atom is 0.421 e. The molecule has 20 heavy (non-hydrogen) atoms. The molecule has 2 rings (SSSR count). The molecule has 108 valence electrons. The summed E-state index contributed by atoms with van der Waals surface area (Å²) >= 11 is 0. The predicted octanol–water partition coefficient (Wildman–Crippen LogP) is 2.11. The van der Waals surface area contributed by atoms with Crippen LogP contribution in [0.15, 0.2) is 27.5 Å². The van der Waals surface area contributed by atoms with Crippen molar-refractivity contribution >= 4 is 17.2 Å². The van der Waals surface area contributed by atoms with Crippen LogP contribution < -0.4 is 5.76 Å². The first-order valence-electron chi connectivity index (χ1n) is 6.82. The Labute approximate surface area is 116 Å². The Bertz CT molecular complexity index is 629. The van der Waals surface area contributed by atoms with Gasteiger partial charge in [-0.05, 0) is 31.9 Å². The number of aromatic nitrogens is 2. The van der Waals surface area contributed by atoms with Crippen LogP contribution in [0.4, 0.5) is 0 Å². The molecule has 2 aromatic rings. The van der Waals surface area contributed by atoms with Crippen molar-refractivity contribution in [3.05, 3.63) is 28.9 Å². The molecular formula is C14H18N2O4. The van der Waals surface area contributed by atoms with E-state index >= 15 is 0 Å². The Balaban J connectivity index is 1.83. The molecule has 0 saturated carbocycles. The number of hydrogen-bond acceptors (Lipinski definition) is 5. The minimum absolute atomic E-state index is 0.167. The fraction of sp³-hybridized carbons (Fsp3) is 0.500. The van der Waals surface area contributed by atoms with Gasteiger partial charge in [0.2, 0.25) is 0 Å². The monoisotopic (exact) mass is 278 g/mol. The van der Waals surface area contributed by atoms with Gasteiger partial charge in [0.05, 0.1) is 6.61 Å². The van der Waals surface area contributed by atoms with Crippen molar-refractivity contribution in [2.75, 3.05) is 6.61 Å². The highest BCUT2D eigenvalue weighted by atomic mass is 16.5. The molecule has 2 aromatic heterocycles. The molecule has 0 atom stereocenters. The number of pyridine rings is 1. The van der Waals surface area contributed by atoms with Gasteiger partial charge in [-0.2, -0.15) is 0 Å². The van der Waals surface area contributed by atoms with E-state index in [2.05, 4.69) is 4.98 Å². The number of esters is 1. The molecule has 0 N–H and O–H groups in total. The number of carbonyl (C=O) groups excluding carboxylic acids is 1. The standard InChI is InChI=1S/C14H18N2O4/c1-2-19-12(17)8-4-3-5-10-16-13-11(20-14(16)18)7-6-9-15-13/h6-7,9H,2-5,8,10H2,1H3. The van der Waals surface area contributed by atoms with Crippen molar-refractivity contribution in [3.63, 3.8) is 0 Å². The zero-order valence-corrected chi connectivity index (χ0v) is 11.5. The van der Waals surface area contributed by atoms with Crippen molar-refractivity contribution in [1.29, 1.82) is 0 Å². The van der Waals surface area contributed by atoms with Gasteiger partial charge in [0.25, 0.3) is 0 Å². The Hall–Kier alpha value is -2.11. The second kappa shape index (κ2) is 6.88. The van der Waals surface area contributed by atoms with Crippen LogP contribution >= 0.6 is 0 Å². The lowest BCUT2D eigenvalue weighted by atomic mass is 10.2. The molecule has 0 saturated heterocycles. The van der Waals surface area contributed by atoms with E-state index in [1.54, 1.807) is 25.3 Å². The molecule has 6 nitrogen and oxygen atoms in total. The highest BCUT2D eigenvalue weighted by Crippen LogP contribution is 2.10. The molecule has 0 bridgehead atoms. The smallest absolute Gasteiger partial charge is 0.421 e. The summed E-state index contributed by atoms with van der Waals surface area (Å²) in [4.78, 5) is 27.0. The molecule has 0 aromatic carbocycles. The number of ether oxygens (including phenoxy) is 1. The summed E-state index contributed by atoms with van der Waals surface area (Å²) in [6.07, 6.45) is 4.47. The van der Waals surface area contributed by atoms with Gasteiger partial charge in [-0.1, -0.05) is 6.42 Å². The molecule has 0 aliphatic carbocycles. The van der Waals surface area contributed by atoms with Gasteiger partial charge in [-0.3, -0.25) is 9.36 Å². The molecule has 0 aliphatic rings. The highest BCUT2D eigenvalue weighted by molar-refractivity contribution is 5.69. The number of nitrogens with zero attached hydrogens (tertiary/aromatic N) is 2. The second-order valence-corrected chi connectivity index (χ2v) is 4.46. The van der Waals surface area contributed by atoms with Gasteiger partial charge in [0.1, 0.15) is 0 Å². The second-order valence-electron chi connectivity index (χ2n) is 4.46. The Morgan fingerprint density at radius 1 is 1.40 bits per heavy atom. The molecular weight excluding hydrogens is 260 g/mol. The molecule has 0 aliphatic heterocycles. The van der Waals surface area contributed by atoms with Crippen LogP contribution in [0.2, 0.25) is 0 Å². The van der Waals surface area contributed by atoms with E-state index in [1.165, 1.54) is 4.57 Å². The highest BCUT2D eigenvalue weighted by Gasteiger charge is 2.09. The molecule has 0 fully saturated rings. The van der Waals surface area contributed by atoms with Crippen molar-refractivity contribution in [1.82, 2.24) is 9.55 Å². The Morgan fingerprint density at radius 3 is 3.05 bits per heavy atom. The molecule has 0 unspecified atom stereocenters. The van der Waals surface area contributed by atoms with Crippen LogP contribution in [-0.2, 0) is 16.1 Å². The van der Waals surface area contributed by atoms with E-state index in [0.717, 1.165) is 19.3 Å². The third-order valence-corrected chi connectivity index (χ3v) is 2.99. The lowest BCUT2D eigenvalue weighted by molar-refractivity contribution is -0.143. The van der Waals surface area contributed by atoms with Crippen molar-refractivity contribution < 1.29 is 13.9 Å². The van der Waals surface area contributed by atoms with Crippen LogP contribution in [0.5, 0.6) is 0 Å². The Kier molecular flexibility index (Phi) is 4.92. The van der Waals surface area contributed by atoms with Crippen molar-refractivity contribution in [3.8, 4) is 0 Å². The lowest BCUT2D eigenvalue weighted by Crippen LogP contribution is -2.14. The van der Waals surface area contributed by atoms with Gasteiger partial charge in [0.15, 0.2) is 11.2 Å². The summed E-state index contributed by atoms with van der Waals surface area (Å²) in [5.41, 5.74) is 1.08. The van der Waals surface area contributed by atoms with Crippen LogP contribution in [0.3, 0.4) is 0 Å². The zero-order valence-electron chi connectivity index (χ0n) is 11.5. The molecule has 0 amide bonds. The first-order chi connectivity index (χ1) is 9.72. The average Bonchev–Trinajstić information content (AvgIpc) is 2.75.